The van der Waals surface area contributed by atoms with Crippen LogP contribution in [0.4, 0.5) is 5.69 Å². The number of halogens is 1. The van der Waals surface area contributed by atoms with Crippen LogP contribution in [0.1, 0.15) is 46.2 Å². The molecule has 0 radical (unpaired) electrons. The maximum atomic E-state index is 5.91. The van der Waals surface area contributed by atoms with Crippen molar-refractivity contribution in [1.82, 2.24) is 0 Å². The zero-order valence-electron chi connectivity index (χ0n) is 12.1. The summed E-state index contributed by atoms with van der Waals surface area (Å²) >= 11 is 3.68. The van der Waals surface area contributed by atoms with E-state index >= 15 is 0 Å². The molecular formula is C15H25BrN2. The summed E-state index contributed by atoms with van der Waals surface area (Å²) in [5.41, 5.74) is 8.33. The van der Waals surface area contributed by atoms with E-state index in [0.717, 1.165) is 11.0 Å². The van der Waals surface area contributed by atoms with Crippen LogP contribution in [0.5, 0.6) is 0 Å². The van der Waals surface area contributed by atoms with Crippen molar-refractivity contribution in [3.63, 3.8) is 0 Å². The van der Waals surface area contributed by atoms with Crippen molar-refractivity contribution in [2.45, 2.75) is 46.7 Å². The first-order valence-electron chi connectivity index (χ1n) is 6.64. The molecule has 1 aromatic rings. The Morgan fingerprint density at radius 3 is 2.17 bits per heavy atom. The minimum Gasteiger partial charge on any atom is -0.368 e. The first kappa shape index (κ1) is 15.5. The number of hydrogen-bond donors (Lipinski definition) is 1. The molecule has 0 amide bonds. The zero-order valence-corrected chi connectivity index (χ0v) is 13.7. The number of nitrogens with two attached hydrogens (primary N) is 1. The summed E-state index contributed by atoms with van der Waals surface area (Å²) in [4.78, 5) is 2.43. The van der Waals surface area contributed by atoms with Gasteiger partial charge in [-0.2, -0.15) is 0 Å². The fourth-order valence-corrected chi connectivity index (χ4v) is 2.64. The van der Waals surface area contributed by atoms with Gasteiger partial charge in [0, 0.05) is 23.1 Å². The highest BCUT2D eigenvalue weighted by Crippen LogP contribution is 2.30. The molecule has 0 bridgehead atoms. The van der Waals surface area contributed by atoms with E-state index in [2.05, 4.69) is 66.7 Å². The van der Waals surface area contributed by atoms with Crippen molar-refractivity contribution in [2.24, 2.45) is 11.7 Å². The number of hydrogen-bond acceptors (Lipinski definition) is 2. The molecule has 3 heteroatoms. The topological polar surface area (TPSA) is 29.3 Å². The standard InChI is InChI=1S/C15H25BrN2/c1-10(2)9-18(11(3)4)15-7-6-13(12(5)17)8-14(15)16/h6-8,10-12H,9,17H2,1-5H3/t12-/m0/s1. The summed E-state index contributed by atoms with van der Waals surface area (Å²) in [5, 5.41) is 0. The van der Waals surface area contributed by atoms with Crippen LogP contribution in [0.25, 0.3) is 0 Å². The van der Waals surface area contributed by atoms with Gasteiger partial charge in [-0.15, -0.1) is 0 Å². The summed E-state index contributed by atoms with van der Waals surface area (Å²) in [6.45, 7) is 12.0. The largest absolute Gasteiger partial charge is 0.368 e. The highest BCUT2D eigenvalue weighted by molar-refractivity contribution is 9.10. The molecule has 2 N–H and O–H groups in total. The molecule has 0 aliphatic carbocycles. The van der Waals surface area contributed by atoms with Gasteiger partial charge in [-0.3, -0.25) is 0 Å². The van der Waals surface area contributed by atoms with E-state index in [0.29, 0.717) is 12.0 Å². The Kier molecular flexibility index (Phi) is 5.67. The highest BCUT2D eigenvalue weighted by atomic mass is 79.9. The number of nitrogens with zero attached hydrogens (tertiary/aromatic N) is 1. The van der Waals surface area contributed by atoms with Crippen molar-refractivity contribution in [3.05, 3.63) is 28.2 Å². The minimum atomic E-state index is 0.0768. The van der Waals surface area contributed by atoms with E-state index in [1.165, 1.54) is 11.3 Å². The predicted octanol–water partition coefficient (Wildman–Crippen LogP) is 4.34. The van der Waals surface area contributed by atoms with E-state index in [9.17, 15) is 0 Å². The predicted molar refractivity (Wildman–Crippen MR) is 84.1 cm³/mol. The van der Waals surface area contributed by atoms with E-state index in [1.807, 2.05) is 6.92 Å². The second-order valence-corrected chi connectivity index (χ2v) is 6.49. The molecule has 1 rings (SSSR count). The van der Waals surface area contributed by atoms with Crippen LogP contribution in [0.2, 0.25) is 0 Å². The fourth-order valence-electron chi connectivity index (χ4n) is 2.02. The van der Waals surface area contributed by atoms with Gasteiger partial charge in [0.2, 0.25) is 0 Å². The van der Waals surface area contributed by atoms with Crippen molar-refractivity contribution in [1.29, 1.82) is 0 Å². The maximum Gasteiger partial charge on any atom is 0.0513 e. The number of benzene rings is 1. The van der Waals surface area contributed by atoms with Gasteiger partial charge in [0.15, 0.2) is 0 Å². The summed E-state index contributed by atoms with van der Waals surface area (Å²) < 4.78 is 1.13. The Bertz CT molecular complexity index is 386. The Labute approximate surface area is 120 Å². The molecule has 2 nitrogen and oxygen atoms in total. The van der Waals surface area contributed by atoms with Crippen LogP contribution >= 0.6 is 15.9 Å². The van der Waals surface area contributed by atoms with Gasteiger partial charge in [0.25, 0.3) is 0 Å². The van der Waals surface area contributed by atoms with Crippen LogP contribution in [-0.4, -0.2) is 12.6 Å². The molecule has 1 aromatic carbocycles. The highest BCUT2D eigenvalue weighted by Gasteiger charge is 2.15. The quantitative estimate of drug-likeness (QED) is 0.876. The monoisotopic (exact) mass is 312 g/mol. The van der Waals surface area contributed by atoms with Gasteiger partial charge in [-0.25, -0.2) is 0 Å². The fraction of sp³-hybridized carbons (Fsp3) is 0.600. The van der Waals surface area contributed by atoms with Crippen LogP contribution < -0.4 is 10.6 Å². The molecule has 0 heterocycles. The number of anilines is 1. The third-order valence-electron chi connectivity index (χ3n) is 2.99. The first-order valence-corrected chi connectivity index (χ1v) is 7.44. The molecule has 0 aliphatic heterocycles. The van der Waals surface area contributed by atoms with Gasteiger partial charge in [0.05, 0.1) is 5.69 Å². The molecule has 0 fully saturated rings. The van der Waals surface area contributed by atoms with Gasteiger partial charge in [0.1, 0.15) is 0 Å². The van der Waals surface area contributed by atoms with Crippen molar-refractivity contribution < 1.29 is 0 Å². The Balaban J connectivity index is 3.05. The second-order valence-electron chi connectivity index (χ2n) is 5.64. The average Bonchev–Trinajstić information content (AvgIpc) is 2.25. The van der Waals surface area contributed by atoms with Crippen LogP contribution in [-0.2, 0) is 0 Å². The number of rotatable bonds is 5. The lowest BCUT2D eigenvalue weighted by molar-refractivity contribution is 0.570. The molecule has 0 aliphatic rings. The third kappa shape index (κ3) is 3.99. The molecule has 18 heavy (non-hydrogen) atoms. The van der Waals surface area contributed by atoms with Gasteiger partial charge < -0.3 is 10.6 Å². The Morgan fingerprint density at radius 1 is 1.17 bits per heavy atom. The van der Waals surface area contributed by atoms with E-state index < -0.39 is 0 Å². The molecule has 0 saturated carbocycles. The minimum absolute atomic E-state index is 0.0768. The first-order chi connectivity index (χ1) is 8.32. The van der Waals surface area contributed by atoms with Gasteiger partial charge >= 0.3 is 0 Å². The maximum absolute atomic E-state index is 5.91. The molecule has 1 atom stereocenters. The Hall–Kier alpha value is -0.540. The second kappa shape index (κ2) is 6.58. The van der Waals surface area contributed by atoms with Crippen molar-refractivity contribution >= 4 is 21.6 Å². The van der Waals surface area contributed by atoms with E-state index in [-0.39, 0.29) is 6.04 Å². The summed E-state index contributed by atoms with van der Waals surface area (Å²) in [5.74, 6) is 0.646. The zero-order chi connectivity index (χ0) is 13.9. The molecular weight excluding hydrogens is 288 g/mol. The van der Waals surface area contributed by atoms with E-state index in [1.54, 1.807) is 0 Å². The molecule has 0 aromatic heterocycles. The summed E-state index contributed by atoms with van der Waals surface area (Å²) in [7, 11) is 0. The van der Waals surface area contributed by atoms with Crippen molar-refractivity contribution in [2.75, 3.05) is 11.4 Å². The molecule has 0 unspecified atom stereocenters. The van der Waals surface area contributed by atoms with E-state index in [4.69, 9.17) is 5.73 Å². The normalized spacial score (nSPS) is 13.2. The molecule has 0 saturated heterocycles. The average molecular weight is 313 g/mol. The SMILES string of the molecule is CC(C)CN(c1ccc([C@H](C)N)cc1Br)C(C)C. The van der Waals surface area contributed by atoms with Crippen LogP contribution in [0.15, 0.2) is 22.7 Å². The summed E-state index contributed by atoms with van der Waals surface area (Å²) in [6, 6.07) is 7.00. The summed E-state index contributed by atoms with van der Waals surface area (Å²) in [6.07, 6.45) is 0. The van der Waals surface area contributed by atoms with Crippen molar-refractivity contribution in [3.8, 4) is 0 Å². The lowest BCUT2D eigenvalue weighted by Crippen LogP contribution is -2.34. The lowest BCUT2D eigenvalue weighted by atomic mass is 10.1. The lowest BCUT2D eigenvalue weighted by Gasteiger charge is -2.32. The molecule has 0 spiro atoms. The molecule has 102 valence electrons. The van der Waals surface area contributed by atoms with Crippen LogP contribution in [0.3, 0.4) is 0 Å². The van der Waals surface area contributed by atoms with Crippen LogP contribution in [0, 0.1) is 5.92 Å². The smallest absolute Gasteiger partial charge is 0.0513 e. The van der Waals surface area contributed by atoms with Gasteiger partial charge in [-0.1, -0.05) is 19.9 Å². The van der Waals surface area contributed by atoms with Gasteiger partial charge in [-0.05, 0) is 60.3 Å². The third-order valence-corrected chi connectivity index (χ3v) is 3.63. The Morgan fingerprint density at radius 2 is 1.78 bits per heavy atom.